The summed E-state index contributed by atoms with van der Waals surface area (Å²) < 4.78 is 16.5. The minimum Gasteiger partial charge on any atom is -0.497 e. The van der Waals surface area contributed by atoms with Crippen LogP contribution in [0.2, 0.25) is 0 Å². The lowest BCUT2D eigenvalue weighted by Crippen LogP contribution is -2.50. The Hall–Kier alpha value is -1.79. The highest BCUT2D eigenvalue weighted by atomic mass is 16.6. The van der Waals surface area contributed by atoms with Gasteiger partial charge in [-0.2, -0.15) is 0 Å². The maximum Gasteiger partial charge on any atom is 0.319 e. The molecule has 0 radical (unpaired) electrons. The molecule has 3 atom stereocenters. The van der Waals surface area contributed by atoms with Crippen molar-refractivity contribution in [1.29, 1.82) is 0 Å². The molecule has 1 saturated carbocycles. The molecule has 2 amide bonds. The van der Waals surface area contributed by atoms with E-state index in [1.165, 1.54) is 0 Å². The van der Waals surface area contributed by atoms with Crippen LogP contribution in [0.3, 0.4) is 0 Å². The van der Waals surface area contributed by atoms with Crippen molar-refractivity contribution >= 4 is 11.7 Å². The van der Waals surface area contributed by atoms with Gasteiger partial charge in [0.15, 0.2) is 0 Å². The second-order valence-electron chi connectivity index (χ2n) is 5.66. The largest absolute Gasteiger partial charge is 0.497 e. The van der Waals surface area contributed by atoms with E-state index < -0.39 is 0 Å². The molecule has 1 aliphatic heterocycles. The average Bonchev–Trinajstić information content (AvgIpc) is 2.55. The van der Waals surface area contributed by atoms with Crippen molar-refractivity contribution in [2.24, 2.45) is 0 Å². The lowest BCUT2D eigenvalue weighted by atomic mass is 9.90. The normalized spacial score (nSPS) is 27.6. The van der Waals surface area contributed by atoms with Crippen LogP contribution in [0.4, 0.5) is 10.5 Å². The average molecular weight is 306 g/mol. The monoisotopic (exact) mass is 306 g/mol. The summed E-state index contributed by atoms with van der Waals surface area (Å²) in [6, 6.07) is 7.19. The number of anilines is 1. The Morgan fingerprint density at radius 2 is 1.86 bits per heavy atom. The van der Waals surface area contributed by atoms with E-state index >= 15 is 0 Å². The Morgan fingerprint density at radius 1 is 1.14 bits per heavy atom. The summed E-state index contributed by atoms with van der Waals surface area (Å²) in [6.07, 6.45) is 2.95. The molecule has 0 bridgehead atoms. The molecule has 6 heteroatoms. The van der Waals surface area contributed by atoms with Crippen LogP contribution in [0.15, 0.2) is 24.3 Å². The minimum absolute atomic E-state index is 0.105. The number of methoxy groups -OCH3 is 1. The summed E-state index contributed by atoms with van der Waals surface area (Å²) in [5, 5.41) is 5.85. The highest BCUT2D eigenvalue weighted by molar-refractivity contribution is 5.89. The lowest BCUT2D eigenvalue weighted by molar-refractivity contribution is -0.157. The first-order valence-corrected chi connectivity index (χ1v) is 7.69. The van der Waals surface area contributed by atoms with Crippen molar-refractivity contribution in [3.8, 4) is 5.75 Å². The molecule has 1 aromatic rings. The van der Waals surface area contributed by atoms with Gasteiger partial charge in [0.1, 0.15) is 5.75 Å². The third kappa shape index (κ3) is 3.69. The molecule has 2 N–H and O–H groups in total. The second-order valence-corrected chi connectivity index (χ2v) is 5.66. The zero-order valence-electron chi connectivity index (χ0n) is 12.7. The van der Waals surface area contributed by atoms with Crippen LogP contribution in [-0.4, -0.2) is 44.6 Å². The third-order valence-corrected chi connectivity index (χ3v) is 4.16. The quantitative estimate of drug-likeness (QED) is 0.898. The van der Waals surface area contributed by atoms with Crippen molar-refractivity contribution < 1.29 is 19.0 Å². The Bertz CT molecular complexity index is 505. The van der Waals surface area contributed by atoms with E-state index in [1.807, 2.05) is 24.3 Å². The molecule has 3 unspecified atom stereocenters. The van der Waals surface area contributed by atoms with Crippen LogP contribution in [0.25, 0.3) is 0 Å². The number of hydrogen-bond acceptors (Lipinski definition) is 4. The van der Waals surface area contributed by atoms with Gasteiger partial charge in [0.2, 0.25) is 0 Å². The topological polar surface area (TPSA) is 68.8 Å². The van der Waals surface area contributed by atoms with Crippen LogP contribution >= 0.6 is 0 Å². The van der Waals surface area contributed by atoms with E-state index in [4.69, 9.17) is 14.2 Å². The molecule has 6 nitrogen and oxygen atoms in total. The molecule has 2 aliphatic rings. The Balaban J connectivity index is 1.48. The summed E-state index contributed by atoms with van der Waals surface area (Å²) in [7, 11) is 1.61. The molecule has 120 valence electrons. The fourth-order valence-corrected chi connectivity index (χ4v) is 3.02. The van der Waals surface area contributed by atoms with Gasteiger partial charge in [-0.25, -0.2) is 4.79 Å². The molecule has 0 aromatic heterocycles. The van der Waals surface area contributed by atoms with E-state index in [-0.39, 0.29) is 24.3 Å². The van der Waals surface area contributed by atoms with Gasteiger partial charge in [0.25, 0.3) is 0 Å². The van der Waals surface area contributed by atoms with Crippen LogP contribution in [-0.2, 0) is 9.47 Å². The number of hydrogen-bond donors (Lipinski definition) is 2. The molecule has 3 rings (SSSR count). The van der Waals surface area contributed by atoms with Crippen LogP contribution in [0.5, 0.6) is 5.75 Å². The number of benzene rings is 1. The van der Waals surface area contributed by atoms with Gasteiger partial charge < -0.3 is 24.8 Å². The fraction of sp³-hybridized carbons (Fsp3) is 0.562. The number of carbonyl (C=O) groups excluding carboxylic acids is 1. The number of rotatable bonds is 3. The molecule has 1 heterocycles. The molecule has 1 aliphatic carbocycles. The summed E-state index contributed by atoms with van der Waals surface area (Å²) in [6.45, 7) is 1.32. The Labute approximate surface area is 130 Å². The Kier molecular flexibility index (Phi) is 4.80. The Morgan fingerprint density at radius 3 is 2.59 bits per heavy atom. The van der Waals surface area contributed by atoms with Crippen molar-refractivity contribution in [2.75, 3.05) is 25.6 Å². The summed E-state index contributed by atoms with van der Waals surface area (Å²) in [5.74, 6) is 0.763. The zero-order valence-corrected chi connectivity index (χ0v) is 12.7. The highest BCUT2D eigenvalue weighted by Gasteiger charge is 2.34. The zero-order chi connectivity index (χ0) is 15.4. The van der Waals surface area contributed by atoms with Gasteiger partial charge in [0, 0.05) is 11.7 Å². The van der Waals surface area contributed by atoms with Gasteiger partial charge in [-0.1, -0.05) is 0 Å². The number of amides is 2. The fourth-order valence-electron chi connectivity index (χ4n) is 3.02. The van der Waals surface area contributed by atoms with E-state index in [1.54, 1.807) is 7.11 Å². The third-order valence-electron chi connectivity index (χ3n) is 4.16. The standard InChI is InChI=1S/C16H22N2O4/c1-20-13-5-2-11(3-6-13)17-16(19)18-12-4-7-14-15(10-12)22-9-8-21-14/h2-3,5-6,12,14-15H,4,7-10H2,1H3,(H2,17,18,19). The van der Waals surface area contributed by atoms with Crippen LogP contribution in [0.1, 0.15) is 19.3 Å². The first-order valence-electron chi connectivity index (χ1n) is 7.69. The second kappa shape index (κ2) is 6.98. The van der Waals surface area contributed by atoms with Crippen molar-refractivity contribution in [3.63, 3.8) is 0 Å². The van der Waals surface area contributed by atoms with Gasteiger partial charge in [-0.3, -0.25) is 0 Å². The molecule has 1 saturated heterocycles. The van der Waals surface area contributed by atoms with Gasteiger partial charge in [-0.05, 0) is 43.5 Å². The van der Waals surface area contributed by atoms with Gasteiger partial charge >= 0.3 is 6.03 Å². The van der Waals surface area contributed by atoms with E-state index in [2.05, 4.69) is 10.6 Å². The van der Waals surface area contributed by atoms with Crippen LogP contribution in [0, 0.1) is 0 Å². The van der Waals surface area contributed by atoms with E-state index in [0.29, 0.717) is 13.2 Å². The number of nitrogens with one attached hydrogen (secondary N) is 2. The number of ether oxygens (including phenoxy) is 3. The summed E-state index contributed by atoms with van der Waals surface area (Å²) in [5.41, 5.74) is 0.740. The van der Waals surface area contributed by atoms with Gasteiger partial charge in [-0.15, -0.1) is 0 Å². The summed E-state index contributed by atoms with van der Waals surface area (Å²) >= 11 is 0. The predicted molar refractivity (Wildman–Crippen MR) is 82.3 cm³/mol. The molecule has 22 heavy (non-hydrogen) atoms. The maximum absolute atomic E-state index is 12.1. The lowest BCUT2D eigenvalue weighted by Gasteiger charge is -2.39. The number of urea groups is 1. The molecule has 1 aromatic carbocycles. The van der Waals surface area contributed by atoms with Crippen LogP contribution < -0.4 is 15.4 Å². The van der Waals surface area contributed by atoms with Crippen molar-refractivity contribution in [3.05, 3.63) is 24.3 Å². The van der Waals surface area contributed by atoms with E-state index in [0.717, 1.165) is 30.7 Å². The first-order chi connectivity index (χ1) is 10.7. The van der Waals surface area contributed by atoms with Crippen molar-refractivity contribution in [1.82, 2.24) is 5.32 Å². The first kappa shape index (κ1) is 15.1. The molecule has 2 fully saturated rings. The van der Waals surface area contributed by atoms with Gasteiger partial charge in [0.05, 0.1) is 32.5 Å². The smallest absolute Gasteiger partial charge is 0.319 e. The predicted octanol–water partition coefficient (Wildman–Crippen LogP) is 2.15. The number of fused-ring (bicyclic) bond motifs is 1. The van der Waals surface area contributed by atoms with Crippen molar-refractivity contribution in [2.45, 2.75) is 37.5 Å². The maximum atomic E-state index is 12.1. The highest BCUT2D eigenvalue weighted by Crippen LogP contribution is 2.26. The molecule has 0 spiro atoms. The van der Waals surface area contributed by atoms with E-state index in [9.17, 15) is 4.79 Å². The molecular weight excluding hydrogens is 284 g/mol. The SMILES string of the molecule is COc1ccc(NC(=O)NC2CCC3OCCOC3C2)cc1. The summed E-state index contributed by atoms with van der Waals surface area (Å²) in [4.78, 5) is 12.1. The molecular formula is C16H22N2O4. The number of carbonyl (C=O) groups is 1. The minimum atomic E-state index is -0.189.